The van der Waals surface area contributed by atoms with Crippen LogP contribution >= 0.6 is 11.6 Å². The summed E-state index contributed by atoms with van der Waals surface area (Å²) in [6.07, 6.45) is 3.71. The normalized spacial score (nSPS) is 15.3. The van der Waals surface area contributed by atoms with Gasteiger partial charge in [0.25, 0.3) is 5.91 Å². The Morgan fingerprint density at radius 1 is 1.06 bits per heavy atom. The second-order valence-corrected chi connectivity index (χ2v) is 10.0. The highest BCUT2D eigenvalue weighted by molar-refractivity contribution is 7.89. The van der Waals surface area contributed by atoms with E-state index in [-0.39, 0.29) is 15.8 Å². The molecule has 0 spiro atoms. The highest BCUT2D eigenvalue weighted by Crippen LogP contribution is 2.28. The summed E-state index contributed by atoms with van der Waals surface area (Å²) in [5.41, 5.74) is 1.25. The van der Waals surface area contributed by atoms with Crippen LogP contribution in [-0.2, 0) is 16.6 Å². The van der Waals surface area contributed by atoms with Crippen molar-refractivity contribution in [3.8, 4) is 5.75 Å². The van der Waals surface area contributed by atoms with Gasteiger partial charge >= 0.3 is 0 Å². The van der Waals surface area contributed by atoms with E-state index in [0.717, 1.165) is 37.0 Å². The molecule has 8 heteroatoms. The molecule has 0 unspecified atom stereocenters. The summed E-state index contributed by atoms with van der Waals surface area (Å²) in [5, 5.41) is 0.134. The summed E-state index contributed by atoms with van der Waals surface area (Å²) in [5.74, 6) is 0.513. The second kappa shape index (κ2) is 10.5. The Bertz CT molecular complexity index is 1000. The molecule has 0 atom stereocenters. The van der Waals surface area contributed by atoms with E-state index in [4.69, 9.17) is 16.3 Å². The monoisotopic (exact) mass is 464 g/mol. The number of carbonyl (C=O) groups is 1. The van der Waals surface area contributed by atoms with Crippen LogP contribution in [0.2, 0.25) is 5.02 Å². The van der Waals surface area contributed by atoms with Crippen molar-refractivity contribution in [1.82, 2.24) is 9.21 Å². The molecular weight excluding hydrogens is 436 g/mol. The summed E-state index contributed by atoms with van der Waals surface area (Å²) < 4.78 is 33.3. The molecule has 1 amide bonds. The Balaban J connectivity index is 1.78. The van der Waals surface area contributed by atoms with Crippen molar-refractivity contribution in [2.24, 2.45) is 0 Å². The minimum atomic E-state index is -3.75. The lowest BCUT2D eigenvalue weighted by atomic mass is 10.1. The molecule has 2 aromatic rings. The van der Waals surface area contributed by atoms with Crippen LogP contribution in [0, 0.1) is 0 Å². The standard InChI is InChI=1S/C23H29ClN2O4S/c1-3-30-20-11-8-18(9-12-20)17-25(2)23(27)19-10-13-21(24)22(16-19)31(28,29)26-14-6-4-5-7-15-26/h8-13,16H,3-7,14-15,17H2,1-2H3. The molecule has 3 rings (SSSR count). The molecule has 1 saturated heterocycles. The molecule has 0 saturated carbocycles. The Kier molecular flexibility index (Phi) is 7.97. The lowest BCUT2D eigenvalue weighted by molar-refractivity contribution is 0.0785. The maximum Gasteiger partial charge on any atom is 0.253 e. The van der Waals surface area contributed by atoms with Crippen molar-refractivity contribution in [2.45, 2.75) is 44.0 Å². The lowest BCUT2D eigenvalue weighted by Gasteiger charge is -2.22. The molecule has 0 radical (unpaired) electrons. The molecule has 1 aliphatic heterocycles. The Morgan fingerprint density at radius 2 is 1.71 bits per heavy atom. The maximum absolute atomic E-state index is 13.2. The van der Waals surface area contributed by atoms with Gasteiger partial charge < -0.3 is 9.64 Å². The summed E-state index contributed by atoms with van der Waals surface area (Å²) >= 11 is 6.25. The first-order valence-corrected chi connectivity index (χ1v) is 12.4. The SMILES string of the molecule is CCOc1ccc(CN(C)C(=O)c2ccc(Cl)c(S(=O)(=O)N3CCCCCC3)c2)cc1. The topological polar surface area (TPSA) is 66.9 Å². The van der Waals surface area contributed by atoms with Gasteiger partial charge in [-0.15, -0.1) is 0 Å². The van der Waals surface area contributed by atoms with E-state index in [9.17, 15) is 13.2 Å². The number of hydrogen-bond acceptors (Lipinski definition) is 4. The van der Waals surface area contributed by atoms with Gasteiger partial charge in [0.1, 0.15) is 10.6 Å². The largest absolute Gasteiger partial charge is 0.494 e. The molecule has 0 aromatic heterocycles. The first-order valence-electron chi connectivity index (χ1n) is 10.6. The van der Waals surface area contributed by atoms with Crippen molar-refractivity contribution < 1.29 is 17.9 Å². The number of sulfonamides is 1. The molecule has 31 heavy (non-hydrogen) atoms. The summed E-state index contributed by atoms with van der Waals surface area (Å²) in [4.78, 5) is 14.5. The zero-order valence-electron chi connectivity index (χ0n) is 18.0. The van der Waals surface area contributed by atoms with Crippen molar-refractivity contribution >= 4 is 27.5 Å². The van der Waals surface area contributed by atoms with Crippen molar-refractivity contribution in [1.29, 1.82) is 0 Å². The Hall–Kier alpha value is -2.09. The highest BCUT2D eigenvalue weighted by atomic mass is 35.5. The first-order chi connectivity index (χ1) is 14.8. The van der Waals surface area contributed by atoms with Crippen LogP contribution in [0.25, 0.3) is 0 Å². The van der Waals surface area contributed by atoms with Gasteiger partial charge in [-0.1, -0.05) is 36.6 Å². The molecule has 6 nitrogen and oxygen atoms in total. The number of benzene rings is 2. The van der Waals surface area contributed by atoms with Crippen LogP contribution in [-0.4, -0.2) is 50.3 Å². The van der Waals surface area contributed by atoms with Gasteiger partial charge in [0.05, 0.1) is 11.6 Å². The second-order valence-electron chi connectivity index (χ2n) is 7.70. The van der Waals surface area contributed by atoms with E-state index >= 15 is 0 Å². The average molecular weight is 465 g/mol. The quantitative estimate of drug-likeness (QED) is 0.601. The van der Waals surface area contributed by atoms with Gasteiger partial charge in [0.15, 0.2) is 0 Å². The first kappa shape index (κ1) is 23.6. The fraction of sp³-hybridized carbons (Fsp3) is 0.435. The number of halogens is 1. The van der Waals surface area contributed by atoms with Crippen LogP contribution in [0.3, 0.4) is 0 Å². The van der Waals surface area contributed by atoms with Gasteiger partial charge in [0, 0.05) is 32.2 Å². The Labute approximate surface area is 189 Å². The third-order valence-electron chi connectivity index (χ3n) is 5.36. The summed E-state index contributed by atoms with van der Waals surface area (Å²) in [7, 11) is -2.06. The van der Waals surface area contributed by atoms with E-state index in [0.29, 0.717) is 31.8 Å². The fourth-order valence-electron chi connectivity index (χ4n) is 3.68. The van der Waals surface area contributed by atoms with Crippen LogP contribution in [0.1, 0.15) is 48.5 Å². The van der Waals surface area contributed by atoms with Crippen LogP contribution in [0.4, 0.5) is 0 Å². The molecule has 0 aliphatic carbocycles. The van der Waals surface area contributed by atoms with Gasteiger partial charge in [-0.25, -0.2) is 8.42 Å². The molecule has 2 aromatic carbocycles. The predicted octanol–water partition coefficient (Wildman–Crippen LogP) is 4.58. The molecular formula is C23H29ClN2O4S. The van der Waals surface area contributed by atoms with E-state index in [2.05, 4.69) is 0 Å². The zero-order chi connectivity index (χ0) is 22.4. The molecule has 1 fully saturated rings. The zero-order valence-corrected chi connectivity index (χ0v) is 19.6. The third kappa shape index (κ3) is 5.79. The van der Waals surface area contributed by atoms with Gasteiger partial charge in [-0.3, -0.25) is 4.79 Å². The van der Waals surface area contributed by atoms with E-state index in [1.165, 1.54) is 16.4 Å². The molecule has 0 bridgehead atoms. The predicted molar refractivity (Wildman–Crippen MR) is 122 cm³/mol. The lowest BCUT2D eigenvalue weighted by Crippen LogP contribution is -2.32. The molecule has 1 aliphatic rings. The van der Waals surface area contributed by atoms with Crippen molar-refractivity contribution in [3.63, 3.8) is 0 Å². The number of ether oxygens (including phenoxy) is 1. The Morgan fingerprint density at radius 3 is 2.32 bits per heavy atom. The smallest absolute Gasteiger partial charge is 0.253 e. The van der Waals surface area contributed by atoms with Crippen LogP contribution < -0.4 is 4.74 Å². The molecule has 0 N–H and O–H groups in total. The third-order valence-corrected chi connectivity index (χ3v) is 7.74. The van der Waals surface area contributed by atoms with E-state index in [1.807, 2.05) is 31.2 Å². The van der Waals surface area contributed by atoms with Crippen molar-refractivity contribution in [2.75, 3.05) is 26.7 Å². The van der Waals surface area contributed by atoms with Gasteiger partial charge in [-0.2, -0.15) is 4.31 Å². The number of nitrogens with zero attached hydrogens (tertiary/aromatic N) is 2. The van der Waals surface area contributed by atoms with Crippen LogP contribution in [0.5, 0.6) is 5.75 Å². The summed E-state index contributed by atoms with van der Waals surface area (Å²) in [6.45, 7) is 3.87. The number of amides is 1. The summed E-state index contributed by atoms with van der Waals surface area (Å²) in [6, 6.07) is 12.0. The van der Waals surface area contributed by atoms with Gasteiger partial charge in [-0.05, 0) is 55.7 Å². The number of hydrogen-bond donors (Lipinski definition) is 0. The molecule has 1 heterocycles. The molecule has 168 valence electrons. The fourth-order valence-corrected chi connectivity index (χ4v) is 5.70. The minimum Gasteiger partial charge on any atom is -0.494 e. The van der Waals surface area contributed by atoms with Crippen molar-refractivity contribution in [3.05, 3.63) is 58.6 Å². The average Bonchev–Trinajstić information content (AvgIpc) is 3.05. The van der Waals surface area contributed by atoms with Gasteiger partial charge in [0.2, 0.25) is 10.0 Å². The highest BCUT2D eigenvalue weighted by Gasteiger charge is 2.28. The maximum atomic E-state index is 13.2. The van der Waals surface area contributed by atoms with E-state index in [1.54, 1.807) is 18.0 Å². The number of carbonyl (C=O) groups excluding carboxylic acids is 1. The van der Waals surface area contributed by atoms with Crippen LogP contribution in [0.15, 0.2) is 47.4 Å². The van der Waals surface area contributed by atoms with E-state index < -0.39 is 10.0 Å². The minimum absolute atomic E-state index is 0.00335. The number of rotatable bonds is 7.